The molecule has 1 saturated heterocycles. The minimum atomic E-state index is -0.664. The summed E-state index contributed by atoms with van der Waals surface area (Å²) < 4.78 is 5.41. The van der Waals surface area contributed by atoms with Gasteiger partial charge in [0.05, 0.1) is 12.1 Å². The molecular weight excluding hydrogens is 344 g/mol. The molecule has 3 amide bonds. The van der Waals surface area contributed by atoms with Gasteiger partial charge in [-0.3, -0.25) is 4.90 Å². The van der Waals surface area contributed by atoms with Gasteiger partial charge >= 0.3 is 12.1 Å². The molecule has 2 fully saturated rings. The SMILES string of the molecule is CC(C)(C)OC(=O)N1CC2(CCCCC2)N(c2ccnc(Cl)n2)C1=O. The zero-order valence-corrected chi connectivity index (χ0v) is 15.5. The van der Waals surface area contributed by atoms with Crippen LogP contribution in [0.15, 0.2) is 12.3 Å². The molecule has 1 aliphatic heterocycles. The first-order valence-corrected chi connectivity index (χ1v) is 8.93. The highest BCUT2D eigenvalue weighted by Crippen LogP contribution is 2.42. The molecule has 0 unspecified atom stereocenters. The van der Waals surface area contributed by atoms with Crippen LogP contribution in [0, 0.1) is 0 Å². The first-order valence-electron chi connectivity index (χ1n) is 8.55. The number of hydrogen-bond acceptors (Lipinski definition) is 5. The summed E-state index contributed by atoms with van der Waals surface area (Å²) in [5.74, 6) is 0.429. The number of nitrogens with zero attached hydrogens (tertiary/aromatic N) is 4. The Balaban J connectivity index is 1.96. The predicted octanol–water partition coefficient (Wildman–Crippen LogP) is 4.01. The Kier molecular flexibility index (Phi) is 4.62. The second-order valence-electron chi connectivity index (χ2n) is 7.65. The fourth-order valence-corrected chi connectivity index (χ4v) is 3.74. The van der Waals surface area contributed by atoms with E-state index in [1.165, 1.54) is 11.1 Å². The number of carbonyl (C=O) groups is 2. The summed E-state index contributed by atoms with van der Waals surface area (Å²) >= 11 is 5.92. The van der Waals surface area contributed by atoms with E-state index in [-0.39, 0.29) is 5.28 Å². The van der Waals surface area contributed by atoms with Crippen LogP contribution in [0.5, 0.6) is 0 Å². The zero-order chi connectivity index (χ0) is 18.2. The molecule has 0 radical (unpaired) electrons. The molecule has 1 aromatic rings. The van der Waals surface area contributed by atoms with Gasteiger partial charge in [-0.15, -0.1) is 0 Å². The van der Waals surface area contributed by atoms with Crippen molar-refractivity contribution in [3.63, 3.8) is 0 Å². The summed E-state index contributed by atoms with van der Waals surface area (Å²) in [7, 11) is 0. The molecule has 0 bridgehead atoms. The van der Waals surface area contributed by atoms with Crippen molar-refractivity contribution in [1.82, 2.24) is 14.9 Å². The zero-order valence-electron chi connectivity index (χ0n) is 14.8. The first kappa shape index (κ1) is 17.9. The fraction of sp³-hybridized carbons (Fsp3) is 0.647. The molecule has 25 heavy (non-hydrogen) atoms. The third-order valence-corrected chi connectivity index (χ3v) is 4.77. The number of imide groups is 1. The Morgan fingerprint density at radius 3 is 2.56 bits per heavy atom. The van der Waals surface area contributed by atoms with E-state index in [1.807, 2.05) is 0 Å². The molecule has 8 heteroatoms. The van der Waals surface area contributed by atoms with E-state index in [2.05, 4.69) is 9.97 Å². The molecular formula is C17H23ClN4O3. The van der Waals surface area contributed by atoms with Gasteiger partial charge in [-0.25, -0.2) is 24.5 Å². The Labute approximate surface area is 152 Å². The highest BCUT2D eigenvalue weighted by molar-refractivity contribution is 6.28. The van der Waals surface area contributed by atoms with Crippen molar-refractivity contribution in [3.05, 3.63) is 17.5 Å². The smallest absolute Gasteiger partial charge is 0.418 e. The summed E-state index contributed by atoms with van der Waals surface area (Å²) in [6.45, 7) is 5.65. The topological polar surface area (TPSA) is 75.6 Å². The quantitative estimate of drug-likeness (QED) is 0.702. The van der Waals surface area contributed by atoms with Gasteiger partial charge in [0.2, 0.25) is 5.28 Å². The largest absolute Gasteiger partial charge is 0.443 e. The lowest BCUT2D eigenvalue weighted by Crippen LogP contribution is -2.49. The minimum Gasteiger partial charge on any atom is -0.443 e. The maximum absolute atomic E-state index is 13.1. The molecule has 2 aliphatic rings. The van der Waals surface area contributed by atoms with Crippen molar-refractivity contribution in [2.24, 2.45) is 0 Å². The third-order valence-electron chi connectivity index (χ3n) is 4.59. The molecule has 3 rings (SSSR count). The summed E-state index contributed by atoms with van der Waals surface area (Å²) in [4.78, 5) is 36.5. The number of ether oxygens (including phenoxy) is 1. The van der Waals surface area contributed by atoms with Crippen molar-refractivity contribution in [1.29, 1.82) is 0 Å². The fourth-order valence-electron chi connectivity index (χ4n) is 3.60. The van der Waals surface area contributed by atoms with Crippen LogP contribution < -0.4 is 4.90 Å². The van der Waals surface area contributed by atoms with Crippen molar-refractivity contribution in [2.75, 3.05) is 11.4 Å². The van der Waals surface area contributed by atoms with E-state index in [9.17, 15) is 9.59 Å². The van der Waals surface area contributed by atoms with Gasteiger partial charge in [0.25, 0.3) is 0 Å². The van der Waals surface area contributed by atoms with Gasteiger partial charge in [0, 0.05) is 6.20 Å². The average Bonchev–Trinajstić information content (AvgIpc) is 2.79. The maximum atomic E-state index is 13.1. The van der Waals surface area contributed by atoms with Gasteiger partial charge in [-0.1, -0.05) is 19.3 Å². The molecule has 0 N–H and O–H groups in total. The van der Waals surface area contributed by atoms with Crippen LogP contribution >= 0.6 is 11.6 Å². The monoisotopic (exact) mass is 366 g/mol. The Morgan fingerprint density at radius 1 is 1.28 bits per heavy atom. The van der Waals surface area contributed by atoms with Gasteiger partial charge in [-0.2, -0.15) is 0 Å². The highest BCUT2D eigenvalue weighted by Gasteiger charge is 2.54. The van der Waals surface area contributed by atoms with Crippen molar-refractivity contribution >= 4 is 29.5 Å². The number of carbonyl (C=O) groups excluding carboxylic acids is 2. The highest BCUT2D eigenvalue weighted by atomic mass is 35.5. The van der Waals surface area contributed by atoms with Gasteiger partial charge in [0.15, 0.2) is 0 Å². The van der Waals surface area contributed by atoms with Crippen LogP contribution in [-0.4, -0.2) is 44.7 Å². The Hall–Kier alpha value is -1.89. The van der Waals surface area contributed by atoms with E-state index < -0.39 is 23.3 Å². The number of hydrogen-bond donors (Lipinski definition) is 0. The third kappa shape index (κ3) is 3.56. The first-order chi connectivity index (χ1) is 11.7. The summed E-state index contributed by atoms with van der Waals surface area (Å²) in [5.41, 5.74) is -1.12. The second-order valence-corrected chi connectivity index (χ2v) is 7.99. The van der Waals surface area contributed by atoms with E-state index in [4.69, 9.17) is 16.3 Å². The molecule has 1 aromatic heterocycles. The second kappa shape index (κ2) is 6.44. The minimum absolute atomic E-state index is 0.0759. The van der Waals surface area contributed by atoms with E-state index in [0.29, 0.717) is 12.4 Å². The van der Waals surface area contributed by atoms with Gasteiger partial charge in [0.1, 0.15) is 11.4 Å². The van der Waals surface area contributed by atoms with Gasteiger partial charge in [-0.05, 0) is 51.3 Å². The number of rotatable bonds is 1. The number of amides is 3. The predicted molar refractivity (Wildman–Crippen MR) is 93.7 cm³/mol. The molecule has 7 nitrogen and oxygen atoms in total. The lowest BCUT2D eigenvalue weighted by Gasteiger charge is -2.39. The number of aromatic nitrogens is 2. The van der Waals surface area contributed by atoms with Crippen LogP contribution in [0.3, 0.4) is 0 Å². The lowest BCUT2D eigenvalue weighted by atomic mass is 9.81. The molecule has 2 heterocycles. The average molecular weight is 367 g/mol. The number of anilines is 1. The Morgan fingerprint density at radius 2 is 1.96 bits per heavy atom. The van der Waals surface area contributed by atoms with Gasteiger partial charge < -0.3 is 4.74 Å². The molecule has 1 aliphatic carbocycles. The van der Waals surface area contributed by atoms with Crippen LogP contribution in [0.25, 0.3) is 0 Å². The number of urea groups is 1. The lowest BCUT2D eigenvalue weighted by molar-refractivity contribution is 0.0334. The molecule has 0 aromatic carbocycles. The summed E-state index contributed by atoms with van der Waals surface area (Å²) in [6.07, 6.45) is 5.67. The van der Waals surface area contributed by atoms with Crippen molar-refractivity contribution < 1.29 is 14.3 Å². The maximum Gasteiger partial charge on any atom is 0.418 e. The van der Waals surface area contributed by atoms with Crippen LogP contribution in [0.1, 0.15) is 52.9 Å². The standard InChI is InChI=1S/C17H23ClN4O3/c1-16(2,3)25-15(24)21-11-17(8-5-4-6-9-17)22(14(21)23)12-7-10-19-13(18)20-12/h7,10H,4-6,8-9,11H2,1-3H3. The Bertz CT molecular complexity index is 683. The van der Waals surface area contributed by atoms with E-state index in [0.717, 1.165) is 32.1 Å². The summed E-state index contributed by atoms with van der Waals surface area (Å²) in [6, 6.07) is 1.24. The molecule has 0 atom stereocenters. The van der Waals surface area contributed by atoms with Crippen molar-refractivity contribution in [2.45, 2.75) is 64.0 Å². The molecule has 1 saturated carbocycles. The van der Waals surface area contributed by atoms with E-state index >= 15 is 0 Å². The van der Waals surface area contributed by atoms with Crippen LogP contribution in [0.4, 0.5) is 15.4 Å². The van der Waals surface area contributed by atoms with Crippen molar-refractivity contribution in [3.8, 4) is 0 Å². The normalized spacial score (nSPS) is 20.2. The van der Waals surface area contributed by atoms with E-state index in [1.54, 1.807) is 31.7 Å². The summed E-state index contributed by atoms with van der Waals surface area (Å²) in [5, 5.41) is 0.0759. The van der Waals surface area contributed by atoms with Crippen LogP contribution in [-0.2, 0) is 4.74 Å². The molecule has 1 spiro atoms. The van der Waals surface area contributed by atoms with Crippen LogP contribution in [0.2, 0.25) is 5.28 Å². The molecule has 136 valence electrons. The number of halogens is 1.